The molecule has 0 bridgehead atoms. The maximum absolute atomic E-state index is 13.7. The van der Waals surface area contributed by atoms with Gasteiger partial charge in [-0.25, -0.2) is 4.39 Å². The quantitative estimate of drug-likeness (QED) is 0.854. The van der Waals surface area contributed by atoms with Crippen molar-refractivity contribution in [3.63, 3.8) is 0 Å². The summed E-state index contributed by atoms with van der Waals surface area (Å²) in [5.41, 5.74) is 1.59. The van der Waals surface area contributed by atoms with Gasteiger partial charge in [-0.15, -0.1) is 0 Å². The molecule has 1 unspecified atom stereocenters. The van der Waals surface area contributed by atoms with Crippen molar-refractivity contribution in [1.29, 1.82) is 0 Å². The zero-order valence-electron chi connectivity index (χ0n) is 11.7. The van der Waals surface area contributed by atoms with Gasteiger partial charge in [0.2, 0.25) is 0 Å². The van der Waals surface area contributed by atoms with Crippen LogP contribution in [0.25, 0.3) is 11.0 Å². The molecule has 1 N–H and O–H groups in total. The second-order valence-electron chi connectivity index (χ2n) is 5.27. The number of nitrogens with one attached hydrogen (secondary N) is 1. The molecule has 3 nitrogen and oxygen atoms in total. The van der Waals surface area contributed by atoms with Crippen LogP contribution in [0.15, 0.2) is 12.1 Å². The fraction of sp³-hybridized carbons (Fsp3) is 0.500. The van der Waals surface area contributed by atoms with E-state index in [2.05, 4.69) is 25.8 Å². The average Bonchev–Trinajstić information content (AvgIpc) is 2.64. The Hall–Kier alpha value is -1.36. The Balaban J connectivity index is 2.54. The highest BCUT2D eigenvalue weighted by molar-refractivity contribution is 7.71. The van der Waals surface area contributed by atoms with Crippen LogP contribution in [-0.4, -0.2) is 16.7 Å². The van der Waals surface area contributed by atoms with Crippen LogP contribution in [0.1, 0.15) is 20.8 Å². The number of hydrogen-bond acceptors (Lipinski definition) is 2. The molecular weight excluding hydrogens is 263 g/mol. The predicted molar refractivity (Wildman–Crippen MR) is 77.6 cm³/mol. The van der Waals surface area contributed by atoms with Gasteiger partial charge < -0.3 is 14.3 Å². The van der Waals surface area contributed by atoms with Gasteiger partial charge in [-0.05, 0) is 24.1 Å². The van der Waals surface area contributed by atoms with Gasteiger partial charge in [-0.1, -0.05) is 20.8 Å². The van der Waals surface area contributed by atoms with E-state index in [0.717, 1.165) is 12.1 Å². The number of imidazole rings is 1. The largest absolute Gasteiger partial charge is 0.494 e. The minimum atomic E-state index is -0.379. The van der Waals surface area contributed by atoms with Crippen LogP contribution in [0.3, 0.4) is 0 Å². The molecule has 1 aromatic carbocycles. The van der Waals surface area contributed by atoms with Crippen LogP contribution in [0, 0.1) is 22.4 Å². The van der Waals surface area contributed by atoms with Crippen molar-refractivity contribution >= 4 is 23.3 Å². The van der Waals surface area contributed by atoms with Crippen molar-refractivity contribution in [3.05, 3.63) is 22.7 Å². The fourth-order valence-corrected chi connectivity index (χ4v) is 2.28. The van der Waals surface area contributed by atoms with E-state index in [9.17, 15) is 4.39 Å². The second-order valence-corrected chi connectivity index (χ2v) is 5.65. The van der Waals surface area contributed by atoms with Gasteiger partial charge in [0, 0.05) is 18.7 Å². The minimum absolute atomic E-state index is 0.243. The van der Waals surface area contributed by atoms with E-state index in [1.165, 1.54) is 13.2 Å². The highest BCUT2D eigenvalue weighted by Crippen LogP contribution is 2.26. The number of aromatic amines is 1. The van der Waals surface area contributed by atoms with Crippen LogP contribution < -0.4 is 4.74 Å². The fourth-order valence-electron chi connectivity index (χ4n) is 1.99. The molecule has 0 fully saturated rings. The molecule has 0 saturated carbocycles. The van der Waals surface area contributed by atoms with Crippen LogP contribution in [0.4, 0.5) is 4.39 Å². The molecule has 0 saturated heterocycles. The number of aromatic nitrogens is 2. The molecule has 2 aromatic rings. The van der Waals surface area contributed by atoms with Gasteiger partial charge in [0.05, 0.1) is 18.1 Å². The molecule has 0 aliphatic heterocycles. The molecule has 0 spiro atoms. The summed E-state index contributed by atoms with van der Waals surface area (Å²) in [6.07, 6.45) is 0. The summed E-state index contributed by atoms with van der Waals surface area (Å²) in [5.74, 6) is 0.915. The van der Waals surface area contributed by atoms with E-state index < -0.39 is 0 Å². The third-order valence-corrected chi connectivity index (χ3v) is 3.98. The highest BCUT2D eigenvalue weighted by Gasteiger charge is 2.14. The zero-order valence-corrected chi connectivity index (χ0v) is 12.5. The summed E-state index contributed by atoms with van der Waals surface area (Å²) in [6, 6.07) is 3.13. The average molecular weight is 282 g/mol. The summed E-state index contributed by atoms with van der Waals surface area (Å²) < 4.78 is 21.3. The molecule has 0 radical (unpaired) electrons. The van der Waals surface area contributed by atoms with Crippen LogP contribution >= 0.6 is 12.2 Å². The summed E-state index contributed by atoms with van der Waals surface area (Å²) in [5, 5.41) is 0. The number of hydrogen-bond donors (Lipinski definition) is 1. The third-order valence-electron chi connectivity index (χ3n) is 3.66. The third kappa shape index (κ3) is 2.66. The lowest BCUT2D eigenvalue weighted by molar-refractivity contribution is 0.366. The Kier molecular flexibility index (Phi) is 3.94. The van der Waals surface area contributed by atoms with Crippen molar-refractivity contribution in [2.24, 2.45) is 11.8 Å². The number of ether oxygens (including phenoxy) is 1. The van der Waals surface area contributed by atoms with Crippen LogP contribution in [-0.2, 0) is 6.54 Å². The van der Waals surface area contributed by atoms with Crippen LogP contribution in [0.2, 0.25) is 0 Å². The molecule has 0 aliphatic rings. The van der Waals surface area contributed by atoms with Crippen molar-refractivity contribution in [3.8, 4) is 5.75 Å². The minimum Gasteiger partial charge on any atom is -0.494 e. The lowest BCUT2D eigenvalue weighted by atomic mass is 9.98. The maximum atomic E-state index is 13.7. The molecule has 104 valence electrons. The van der Waals surface area contributed by atoms with E-state index in [4.69, 9.17) is 17.0 Å². The first kappa shape index (κ1) is 14.1. The number of rotatable bonds is 4. The van der Waals surface area contributed by atoms with Gasteiger partial charge in [-0.2, -0.15) is 0 Å². The van der Waals surface area contributed by atoms with Gasteiger partial charge in [0.25, 0.3) is 0 Å². The monoisotopic (exact) mass is 282 g/mol. The van der Waals surface area contributed by atoms with Crippen molar-refractivity contribution in [1.82, 2.24) is 9.55 Å². The van der Waals surface area contributed by atoms with Gasteiger partial charge in [0.1, 0.15) is 0 Å². The van der Waals surface area contributed by atoms with E-state index >= 15 is 0 Å². The predicted octanol–water partition coefficient (Wildman–Crippen LogP) is 4.14. The van der Waals surface area contributed by atoms with Crippen molar-refractivity contribution < 1.29 is 9.13 Å². The first-order valence-corrected chi connectivity index (χ1v) is 6.81. The van der Waals surface area contributed by atoms with Gasteiger partial charge in [0.15, 0.2) is 16.3 Å². The Morgan fingerprint density at radius 1 is 1.37 bits per heavy atom. The summed E-state index contributed by atoms with van der Waals surface area (Å²) >= 11 is 5.32. The summed E-state index contributed by atoms with van der Waals surface area (Å²) in [6.45, 7) is 7.37. The molecule has 1 atom stereocenters. The van der Waals surface area contributed by atoms with Crippen molar-refractivity contribution in [2.75, 3.05) is 7.11 Å². The second kappa shape index (κ2) is 5.33. The maximum Gasteiger partial charge on any atom is 0.178 e. The van der Waals surface area contributed by atoms with E-state index in [1.807, 2.05) is 4.57 Å². The number of H-pyrrole nitrogens is 1. The first-order valence-electron chi connectivity index (χ1n) is 6.40. The lowest BCUT2D eigenvalue weighted by Gasteiger charge is -2.16. The number of fused-ring (bicyclic) bond motifs is 1. The van der Waals surface area contributed by atoms with Crippen LogP contribution in [0.5, 0.6) is 5.75 Å². The molecule has 1 heterocycles. The lowest BCUT2D eigenvalue weighted by Crippen LogP contribution is -2.13. The van der Waals surface area contributed by atoms with Crippen molar-refractivity contribution in [2.45, 2.75) is 27.3 Å². The van der Waals surface area contributed by atoms with E-state index in [0.29, 0.717) is 22.1 Å². The number of methoxy groups -OCH3 is 1. The molecule has 19 heavy (non-hydrogen) atoms. The van der Waals surface area contributed by atoms with Gasteiger partial charge >= 0.3 is 0 Å². The smallest absolute Gasteiger partial charge is 0.178 e. The van der Waals surface area contributed by atoms with Gasteiger partial charge in [-0.3, -0.25) is 0 Å². The summed E-state index contributed by atoms with van der Waals surface area (Å²) in [7, 11) is 1.46. The Morgan fingerprint density at radius 3 is 2.63 bits per heavy atom. The highest BCUT2D eigenvalue weighted by atomic mass is 32.1. The molecule has 5 heteroatoms. The van der Waals surface area contributed by atoms with E-state index in [-0.39, 0.29) is 11.6 Å². The Labute approximate surface area is 117 Å². The topological polar surface area (TPSA) is 29.9 Å². The normalized spacial score (nSPS) is 13.2. The molecule has 1 aromatic heterocycles. The number of halogens is 1. The zero-order chi connectivity index (χ0) is 14.2. The molecule has 0 aliphatic carbocycles. The SMILES string of the molecule is COc1cc2c(cc1F)[nH]c(=S)n2CC(C)C(C)C. The number of nitrogens with zero attached hydrogens (tertiary/aromatic N) is 1. The molecule has 0 amide bonds. The molecule has 2 rings (SSSR count). The Morgan fingerprint density at radius 2 is 2.05 bits per heavy atom. The standard InChI is InChI=1S/C14H19FN2OS/c1-8(2)9(3)7-17-12-6-13(18-4)10(15)5-11(12)16-14(17)19/h5-6,8-9H,7H2,1-4H3,(H,16,19). The van der Waals surface area contributed by atoms with E-state index in [1.54, 1.807) is 6.07 Å². The number of benzene rings is 1. The summed E-state index contributed by atoms with van der Waals surface area (Å²) in [4.78, 5) is 3.05. The Bertz CT molecular complexity index is 645. The molecular formula is C14H19FN2OS. The first-order chi connectivity index (χ1) is 8.93.